The highest BCUT2D eigenvalue weighted by atomic mass is 16.5. The van der Waals surface area contributed by atoms with E-state index >= 15 is 0 Å². The fourth-order valence-electron chi connectivity index (χ4n) is 6.80. The SMILES string of the molecule is COc1ccc(C(CCN2CCC(Nc3nc4ccccc4n3Cc3ccco3)CC2)CN(C)C(=O)c2cc(OC)c(OC)c(OC)c2)cc1. The van der Waals surface area contributed by atoms with Gasteiger partial charge < -0.3 is 43.0 Å². The lowest BCUT2D eigenvalue weighted by Crippen LogP contribution is -2.40. The number of hydrogen-bond donors (Lipinski definition) is 1. The predicted octanol–water partition coefficient (Wildman–Crippen LogP) is 6.53. The Hall–Kier alpha value is -5.16. The van der Waals surface area contributed by atoms with E-state index in [0.29, 0.717) is 41.9 Å². The molecule has 1 amide bonds. The Kier molecular flexibility index (Phi) is 11.1. The molecule has 0 spiro atoms. The van der Waals surface area contributed by atoms with Gasteiger partial charge in [-0.2, -0.15) is 0 Å². The number of nitrogens with zero attached hydrogens (tertiary/aromatic N) is 4. The fourth-order valence-corrected chi connectivity index (χ4v) is 6.80. The zero-order chi connectivity index (χ0) is 35.0. The lowest BCUT2D eigenvalue weighted by molar-refractivity contribution is 0.0781. The van der Waals surface area contributed by atoms with Crippen molar-refractivity contribution in [2.24, 2.45) is 0 Å². The number of anilines is 1. The summed E-state index contributed by atoms with van der Waals surface area (Å²) in [6.07, 6.45) is 4.63. The smallest absolute Gasteiger partial charge is 0.253 e. The van der Waals surface area contributed by atoms with Crippen molar-refractivity contribution >= 4 is 22.9 Å². The summed E-state index contributed by atoms with van der Waals surface area (Å²) in [5, 5.41) is 3.75. The number of aromatic nitrogens is 2. The number of likely N-dealkylation sites (N-methyl/N-ethyl adjacent to an activating group) is 1. The first-order valence-corrected chi connectivity index (χ1v) is 17.1. The third kappa shape index (κ3) is 7.83. The minimum Gasteiger partial charge on any atom is -0.497 e. The first-order chi connectivity index (χ1) is 24.4. The number of furan rings is 1. The number of benzene rings is 3. The van der Waals surface area contributed by atoms with Crippen LogP contribution in [0.1, 0.15) is 46.9 Å². The van der Waals surface area contributed by atoms with Crippen molar-refractivity contribution < 1.29 is 28.2 Å². The zero-order valence-corrected chi connectivity index (χ0v) is 29.6. The highest BCUT2D eigenvalue weighted by molar-refractivity contribution is 5.95. The number of piperidine rings is 1. The molecular weight excluding hydrogens is 634 g/mol. The van der Waals surface area contributed by atoms with Gasteiger partial charge in [-0.1, -0.05) is 24.3 Å². The summed E-state index contributed by atoms with van der Waals surface area (Å²) in [6.45, 7) is 4.05. The minimum absolute atomic E-state index is 0.118. The monoisotopic (exact) mass is 681 g/mol. The number of carbonyl (C=O) groups is 1. The normalized spacial score (nSPS) is 14.3. The van der Waals surface area contributed by atoms with Crippen molar-refractivity contribution in [1.29, 1.82) is 0 Å². The van der Waals surface area contributed by atoms with E-state index in [4.69, 9.17) is 28.3 Å². The van der Waals surface area contributed by atoms with E-state index in [-0.39, 0.29) is 11.8 Å². The van der Waals surface area contributed by atoms with Crippen molar-refractivity contribution in [2.45, 2.75) is 37.8 Å². The summed E-state index contributed by atoms with van der Waals surface area (Å²) in [5.74, 6) is 3.93. The molecule has 11 nitrogen and oxygen atoms in total. The molecule has 0 saturated carbocycles. The summed E-state index contributed by atoms with van der Waals surface area (Å²) < 4.78 is 29.8. The Bertz CT molecular complexity index is 1820. The van der Waals surface area contributed by atoms with Crippen LogP contribution in [0.4, 0.5) is 5.95 Å². The number of amides is 1. The molecule has 5 aromatic rings. The van der Waals surface area contributed by atoms with Crippen LogP contribution in [-0.2, 0) is 6.54 Å². The number of likely N-dealkylation sites (tertiary alicyclic amines) is 1. The number of methoxy groups -OCH3 is 4. The first kappa shape index (κ1) is 34.7. The third-order valence-corrected chi connectivity index (χ3v) is 9.60. The van der Waals surface area contributed by atoms with E-state index in [1.54, 1.807) is 51.7 Å². The van der Waals surface area contributed by atoms with Gasteiger partial charge in [0.1, 0.15) is 11.5 Å². The molecule has 1 saturated heterocycles. The van der Waals surface area contributed by atoms with Crippen LogP contribution in [-0.4, -0.2) is 93.0 Å². The van der Waals surface area contributed by atoms with Gasteiger partial charge in [0.15, 0.2) is 11.5 Å². The molecule has 1 aliphatic heterocycles. The molecule has 50 heavy (non-hydrogen) atoms. The topological polar surface area (TPSA) is 103 Å². The molecule has 1 atom stereocenters. The number of rotatable bonds is 15. The van der Waals surface area contributed by atoms with Crippen LogP contribution in [0.3, 0.4) is 0 Å². The molecule has 1 aliphatic rings. The van der Waals surface area contributed by atoms with Crippen molar-refractivity contribution in [3.8, 4) is 23.0 Å². The number of nitrogens with one attached hydrogen (secondary N) is 1. The van der Waals surface area contributed by atoms with Gasteiger partial charge in [0, 0.05) is 44.2 Å². The van der Waals surface area contributed by atoms with E-state index in [1.165, 1.54) is 5.56 Å². The van der Waals surface area contributed by atoms with E-state index in [0.717, 1.165) is 67.4 Å². The van der Waals surface area contributed by atoms with E-state index in [1.807, 2.05) is 43.4 Å². The summed E-state index contributed by atoms with van der Waals surface area (Å²) in [5.41, 5.74) is 3.70. The quantitative estimate of drug-likeness (QED) is 0.132. The second kappa shape index (κ2) is 16.0. The van der Waals surface area contributed by atoms with Crippen LogP contribution in [0.15, 0.2) is 83.5 Å². The van der Waals surface area contributed by atoms with E-state index in [2.05, 4.69) is 39.0 Å². The molecule has 11 heteroatoms. The Morgan fingerprint density at radius 3 is 2.30 bits per heavy atom. The molecule has 0 bridgehead atoms. The zero-order valence-electron chi connectivity index (χ0n) is 29.6. The molecule has 3 aromatic carbocycles. The van der Waals surface area contributed by atoms with Crippen LogP contribution in [0.25, 0.3) is 11.0 Å². The number of ether oxygens (including phenoxy) is 4. The maximum atomic E-state index is 13.7. The summed E-state index contributed by atoms with van der Waals surface area (Å²) in [6, 6.07) is 24.0. The second-order valence-electron chi connectivity index (χ2n) is 12.7. The van der Waals surface area contributed by atoms with Crippen LogP contribution in [0, 0.1) is 0 Å². The second-order valence-corrected chi connectivity index (χ2v) is 12.7. The van der Waals surface area contributed by atoms with Gasteiger partial charge in [-0.3, -0.25) is 4.79 Å². The average Bonchev–Trinajstić information content (AvgIpc) is 3.80. The van der Waals surface area contributed by atoms with E-state index < -0.39 is 0 Å². The van der Waals surface area contributed by atoms with E-state index in [9.17, 15) is 4.79 Å². The fraction of sp³-hybridized carbons (Fsp3) is 0.385. The summed E-state index contributed by atoms with van der Waals surface area (Å²) in [4.78, 5) is 23.0. The van der Waals surface area contributed by atoms with Crippen molar-refractivity contribution in [3.63, 3.8) is 0 Å². The van der Waals surface area contributed by atoms with Gasteiger partial charge in [-0.15, -0.1) is 0 Å². The van der Waals surface area contributed by atoms with Gasteiger partial charge in [-0.05, 0) is 79.9 Å². The molecule has 1 fully saturated rings. The van der Waals surface area contributed by atoms with Gasteiger partial charge in [0.2, 0.25) is 11.7 Å². The van der Waals surface area contributed by atoms with Gasteiger partial charge >= 0.3 is 0 Å². The number of carbonyl (C=O) groups excluding carboxylic acids is 1. The highest BCUT2D eigenvalue weighted by Gasteiger charge is 2.25. The third-order valence-electron chi connectivity index (χ3n) is 9.60. The lowest BCUT2D eigenvalue weighted by atomic mass is 9.93. The van der Waals surface area contributed by atoms with Crippen LogP contribution >= 0.6 is 0 Å². The molecule has 1 unspecified atom stereocenters. The van der Waals surface area contributed by atoms with Crippen molar-refractivity contribution in [1.82, 2.24) is 19.4 Å². The van der Waals surface area contributed by atoms with Gasteiger partial charge in [0.05, 0.1) is 52.3 Å². The Balaban J connectivity index is 1.10. The first-order valence-electron chi connectivity index (χ1n) is 17.1. The summed E-state index contributed by atoms with van der Waals surface area (Å²) >= 11 is 0. The number of hydrogen-bond acceptors (Lipinski definition) is 9. The maximum absolute atomic E-state index is 13.7. The van der Waals surface area contributed by atoms with Gasteiger partial charge in [0.25, 0.3) is 5.91 Å². The molecule has 264 valence electrons. The van der Waals surface area contributed by atoms with Crippen molar-refractivity contribution in [3.05, 3.63) is 95.9 Å². The number of fused-ring (bicyclic) bond motifs is 1. The van der Waals surface area contributed by atoms with Crippen LogP contribution in [0.2, 0.25) is 0 Å². The molecule has 1 N–H and O–H groups in total. The molecule has 6 rings (SSSR count). The molecule has 2 aromatic heterocycles. The highest BCUT2D eigenvalue weighted by Crippen LogP contribution is 2.38. The lowest BCUT2D eigenvalue weighted by Gasteiger charge is -2.34. The van der Waals surface area contributed by atoms with Gasteiger partial charge in [-0.25, -0.2) is 4.98 Å². The number of para-hydroxylation sites is 2. The maximum Gasteiger partial charge on any atom is 0.253 e. The van der Waals surface area contributed by atoms with Crippen LogP contribution in [0.5, 0.6) is 23.0 Å². The Morgan fingerprint density at radius 1 is 0.940 bits per heavy atom. The average molecular weight is 682 g/mol. The molecule has 3 heterocycles. The number of imidazole rings is 1. The minimum atomic E-state index is -0.118. The Morgan fingerprint density at radius 2 is 1.66 bits per heavy atom. The largest absolute Gasteiger partial charge is 0.497 e. The predicted molar refractivity (Wildman–Crippen MR) is 194 cm³/mol. The summed E-state index contributed by atoms with van der Waals surface area (Å²) in [7, 11) is 8.16. The standard InChI is InChI=1S/C39H47N5O6/c1-42(38(45)29-23-35(47-3)37(49-5)36(24-29)48-4)25-28(27-12-14-31(46-2)15-13-27)16-19-43-20-17-30(18-21-43)40-39-41-33-10-6-7-11-34(33)44(39)26-32-9-8-22-50-32/h6-15,22-24,28,30H,16-21,25-26H2,1-5H3,(H,40,41). The molecule has 0 radical (unpaired) electrons. The van der Waals surface area contributed by atoms with Crippen LogP contribution < -0.4 is 24.3 Å². The van der Waals surface area contributed by atoms with Crippen molar-refractivity contribution in [2.75, 3.05) is 67.0 Å². The molecular formula is C39H47N5O6. The molecule has 0 aliphatic carbocycles. The Labute approximate surface area is 293 Å².